The van der Waals surface area contributed by atoms with Crippen LogP contribution in [0.15, 0.2) is 96.0 Å². The number of nitrogens with two attached hydrogens (primary N) is 1. The molecule has 4 amide bonds. The van der Waals surface area contributed by atoms with Gasteiger partial charge < -0.3 is 30.9 Å². The fraction of sp³-hybridized carbons (Fsp3) is 0.395. The summed E-state index contributed by atoms with van der Waals surface area (Å²) in [5.74, 6) is -2.85. The quantitative estimate of drug-likeness (QED) is 0.120. The minimum absolute atomic E-state index is 0.0246. The Morgan fingerprint density at radius 1 is 0.780 bits per heavy atom. The lowest BCUT2D eigenvalue weighted by molar-refractivity contribution is -0.132. The summed E-state index contributed by atoms with van der Waals surface area (Å²) in [7, 11) is 0. The molecule has 0 aliphatic rings. The third kappa shape index (κ3) is 14.1. The van der Waals surface area contributed by atoms with Crippen molar-refractivity contribution < 1.29 is 33.8 Å². The minimum atomic E-state index is -1.17. The predicted molar refractivity (Wildman–Crippen MR) is 191 cm³/mol. The second kappa shape index (κ2) is 19.1. The van der Waals surface area contributed by atoms with E-state index in [9.17, 15) is 24.3 Å². The number of hydrogen-bond donors (Lipinski definition) is 5. The molecular weight excluding hydrogens is 638 g/mol. The number of aliphatic hydroxyl groups is 1. The van der Waals surface area contributed by atoms with Gasteiger partial charge in [0.25, 0.3) is 0 Å². The average Bonchev–Trinajstić information content (AvgIpc) is 3.05. The zero-order valence-electron chi connectivity index (χ0n) is 29.3. The molecule has 0 heterocycles. The second-order valence-corrected chi connectivity index (χ2v) is 13.4. The highest BCUT2D eigenvalue weighted by molar-refractivity contribution is 6.03. The Hall–Kier alpha value is -5.23. The van der Waals surface area contributed by atoms with E-state index in [1.807, 2.05) is 66.7 Å². The Morgan fingerprint density at radius 3 is 1.82 bits per heavy atom. The van der Waals surface area contributed by atoms with E-state index in [4.69, 9.17) is 15.2 Å². The molecule has 0 aliphatic heterocycles. The summed E-state index contributed by atoms with van der Waals surface area (Å²) in [5.41, 5.74) is 7.55. The van der Waals surface area contributed by atoms with E-state index < -0.39 is 65.6 Å². The molecule has 12 heteroatoms. The van der Waals surface area contributed by atoms with Gasteiger partial charge in [-0.25, -0.2) is 9.59 Å². The van der Waals surface area contributed by atoms with Gasteiger partial charge in [-0.3, -0.25) is 14.9 Å². The summed E-state index contributed by atoms with van der Waals surface area (Å²) in [6, 6.07) is 25.8. The Morgan fingerprint density at radius 2 is 1.30 bits per heavy atom. The van der Waals surface area contributed by atoms with Crippen LogP contribution in [0.1, 0.15) is 57.7 Å². The first-order valence-electron chi connectivity index (χ1n) is 16.6. The Labute approximate surface area is 293 Å². The van der Waals surface area contributed by atoms with Crippen molar-refractivity contribution >= 4 is 30.0 Å². The highest BCUT2D eigenvalue weighted by Crippen LogP contribution is 2.20. The van der Waals surface area contributed by atoms with Gasteiger partial charge in [0.2, 0.25) is 17.8 Å². The van der Waals surface area contributed by atoms with E-state index in [1.54, 1.807) is 58.9 Å². The molecule has 0 aromatic heterocycles. The van der Waals surface area contributed by atoms with Gasteiger partial charge >= 0.3 is 12.2 Å². The lowest BCUT2D eigenvalue weighted by atomic mass is 9.88. The third-order valence-electron chi connectivity index (χ3n) is 7.60. The molecule has 3 aromatic rings. The number of nitrogens with zero attached hydrogens (tertiary/aromatic N) is 1. The predicted octanol–water partition coefficient (Wildman–Crippen LogP) is 4.64. The molecule has 0 bridgehead atoms. The Kier molecular flexibility index (Phi) is 15.0. The lowest BCUT2D eigenvalue weighted by Crippen LogP contribution is -2.54. The van der Waals surface area contributed by atoms with E-state index in [2.05, 4.69) is 20.9 Å². The number of benzene rings is 3. The standard InChI is InChI=1S/C38H49N5O7/c1-25(2)32(34(46)42-35(39)43-36(47)49-24-28-19-13-8-14-20-28)41-33(45)29(21-26-15-9-6-10-16-26)23-31(44)30(22-27-17-11-7-12-18-27)40-37(48)50-38(3,4)5/h6-20,25,29-32,44H,21-24H2,1-5H3,(H,40,48)(H,41,45)(H3,39,42,43,46,47)/t29-,30-,31-,32-/m0/s1. The zero-order chi connectivity index (χ0) is 36.7. The lowest BCUT2D eigenvalue weighted by Gasteiger charge is -2.30. The molecule has 0 unspecified atom stereocenters. The van der Waals surface area contributed by atoms with Crippen LogP contribution in [0.5, 0.6) is 0 Å². The largest absolute Gasteiger partial charge is 0.444 e. The first-order chi connectivity index (χ1) is 23.7. The van der Waals surface area contributed by atoms with Crippen molar-refractivity contribution in [3.8, 4) is 0 Å². The van der Waals surface area contributed by atoms with Crippen LogP contribution in [0.25, 0.3) is 0 Å². The van der Waals surface area contributed by atoms with Crippen LogP contribution < -0.4 is 21.7 Å². The Balaban J connectivity index is 1.76. The van der Waals surface area contributed by atoms with Crippen molar-refractivity contribution in [1.82, 2.24) is 16.0 Å². The van der Waals surface area contributed by atoms with E-state index in [1.165, 1.54) is 0 Å². The molecule has 0 saturated heterocycles. The van der Waals surface area contributed by atoms with Gasteiger partial charge in [0.05, 0.1) is 12.1 Å². The fourth-order valence-electron chi connectivity index (χ4n) is 5.14. The van der Waals surface area contributed by atoms with Crippen molar-refractivity contribution in [1.29, 1.82) is 0 Å². The molecule has 268 valence electrons. The summed E-state index contributed by atoms with van der Waals surface area (Å²) in [4.78, 5) is 55.8. The van der Waals surface area contributed by atoms with Crippen LogP contribution in [0.4, 0.5) is 9.59 Å². The molecule has 4 atom stereocenters. The van der Waals surface area contributed by atoms with E-state index in [-0.39, 0.29) is 25.9 Å². The van der Waals surface area contributed by atoms with Gasteiger partial charge in [0.1, 0.15) is 18.2 Å². The zero-order valence-corrected chi connectivity index (χ0v) is 29.3. The number of alkyl carbamates (subject to hydrolysis) is 1. The van der Waals surface area contributed by atoms with Crippen LogP contribution in [0.2, 0.25) is 0 Å². The van der Waals surface area contributed by atoms with E-state index in [0.717, 1.165) is 16.7 Å². The normalized spacial score (nSPS) is 14.1. The van der Waals surface area contributed by atoms with E-state index >= 15 is 0 Å². The van der Waals surface area contributed by atoms with Gasteiger partial charge in [-0.15, -0.1) is 4.99 Å². The van der Waals surface area contributed by atoms with Crippen molar-refractivity contribution in [3.05, 3.63) is 108 Å². The molecule has 6 N–H and O–H groups in total. The van der Waals surface area contributed by atoms with Crippen molar-refractivity contribution in [2.45, 2.75) is 84.3 Å². The highest BCUT2D eigenvalue weighted by Gasteiger charge is 2.33. The maximum absolute atomic E-state index is 13.9. The van der Waals surface area contributed by atoms with E-state index in [0.29, 0.717) is 0 Å². The number of aliphatic hydroxyl groups excluding tert-OH is 1. The summed E-state index contributed by atoms with van der Waals surface area (Å²) < 4.78 is 10.6. The number of hydrogen-bond acceptors (Lipinski definition) is 7. The van der Waals surface area contributed by atoms with Crippen LogP contribution in [0.3, 0.4) is 0 Å². The molecule has 3 rings (SSSR count). The summed E-state index contributed by atoms with van der Waals surface area (Å²) >= 11 is 0. The number of carbonyl (C=O) groups excluding carboxylic acids is 4. The minimum Gasteiger partial charge on any atom is -0.444 e. The number of aliphatic imine (C=N–C) groups is 1. The molecular formula is C38H49N5O7. The molecule has 0 radical (unpaired) electrons. The number of nitrogens with one attached hydrogen (secondary N) is 3. The van der Waals surface area contributed by atoms with Crippen LogP contribution in [-0.2, 0) is 38.5 Å². The van der Waals surface area contributed by atoms with Gasteiger partial charge in [-0.1, -0.05) is 105 Å². The maximum atomic E-state index is 13.9. The molecule has 0 aliphatic carbocycles. The number of guanidine groups is 1. The Bertz CT molecular complexity index is 1560. The molecule has 50 heavy (non-hydrogen) atoms. The molecule has 0 fully saturated rings. The highest BCUT2D eigenvalue weighted by atomic mass is 16.6. The number of rotatable bonds is 14. The SMILES string of the molecule is CC(C)[C@H](NC(=O)[C@@H](Cc1ccccc1)C[C@H](O)[C@H](Cc1ccccc1)NC(=O)OC(C)(C)C)C(=O)N/C(N)=N/C(=O)OCc1ccccc1. The molecule has 12 nitrogen and oxygen atoms in total. The van der Waals surface area contributed by atoms with Crippen molar-refractivity contribution in [2.24, 2.45) is 22.6 Å². The monoisotopic (exact) mass is 687 g/mol. The van der Waals surface area contributed by atoms with Crippen molar-refractivity contribution in [3.63, 3.8) is 0 Å². The van der Waals surface area contributed by atoms with Gasteiger partial charge in [0.15, 0.2) is 0 Å². The van der Waals surface area contributed by atoms with Crippen molar-refractivity contribution in [2.75, 3.05) is 0 Å². The first kappa shape index (κ1) is 39.2. The third-order valence-corrected chi connectivity index (χ3v) is 7.60. The van der Waals surface area contributed by atoms with Gasteiger partial charge in [-0.2, -0.15) is 0 Å². The second-order valence-electron chi connectivity index (χ2n) is 13.4. The smallest absolute Gasteiger partial charge is 0.437 e. The number of amides is 4. The number of carbonyl (C=O) groups is 4. The summed E-state index contributed by atoms with van der Waals surface area (Å²) in [6.07, 6.45) is -2.36. The first-order valence-corrected chi connectivity index (χ1v) is 16.6. The van der Waals surface area contributed by atoms with Crippen LogP contribution in [0, 0.1) is 11.8 Å². The molecule has 0 spiro atoms. The van der Waals surface area contributed by atoms with Gasteiger partial charge in [-0.05, 0) is 62.6 Å². The fourth-order valence-corrected chi connectivity index (χ4v) is 5.14. The number of ether oxygens (including phenoxy) is 2. The maximum Gasteiger partial charge on any atom is 0.437 e. The average molecular weight is 688 g/mol. The summed E-state index contributed by atoms with van der Waals surface area (Å²) in [5, 5.41) is 19.6. The summed E-state index contributed by atoms with van der Waals surface area (Å²) in [6.45, 7) is 8.69. The van der Waals surface area contributed by atoms with Gasteiger partial charge in [0, 0.05) is 5.92 Å². The molecule has 3 aromatic carbocycles. The van der Waals surface area contributed by atoms with Crippen LogP contribution in [-0.4, -0.2) is 58.9 Å². The topological polar surface area (TPSA) is 181 Å². The molecule has 0 saturated carbocycles. The van der Waals surface area contributed by atoms with Crippen LogP contribution >= 0.6 is 0 Å².